The van der Waals surface area contributed by atoms with Gasteiger partial charge in [-0.1, -0.05) is 48.5 Å². The maximum absolute atomic E-state index is 11.9. The molecule has 0 spiro atoms. The lowest BCUT2D eigenvalue weighted by molar-refractivity contribution is -0.389. The van der Waals surface area contributed by atoms with Crippen molar-refractivity contribution in [3.8, 4) is 0 Å². The minimum absolute atomic E-state index is 0.00693. The molecule has 1 saturated heterocycles. The number of aliphatic hydroxyl groups is 1. The molecule has 7 nitrogen and oxygen atoms in total. The molecule has 1 aliphatic carbocycles. The molecule has 0 aromatic heterocycles. The van der Waals surface area contributed by atoms with E-state index in [4.69, 9.17) is 23.1 Å². The van der Waals surface area contributed by atoms with Crippen LogP contribution in [0.2, 0.25) is 36.3 Å². The summed E-state index contributed by atoms with van der Waals surface area (Å²) < 4.78 is 32.2. The van der Waals surface area contributed by atoms with Gasteiger partial charge in [0.05, 0.1) is 18.8 Å². The van der Waals surface area contributed by atoms with E-state index in [0.29, 0.717) is 19.6 Å². The van der Waals surface area contributed by atoms with E-state index < -0.39 is 45.5 Å². The highest BCUT2D eigenvalue weighted by Crippen LogP contribution is 2.56. The molecular formula is C27H54O7Si2. The number of hydrogen-bond acceptors (Lipinski definition) is 7. The van der Waals surface area contributed by atoms with Crippen LogP contribution in [0.25, 0.3) is 0 Å². The highest BCUT2D eigenvalue weighted by molar-refractivity contribution is 6.74. The Morgan fingerprint density at radius 2 is 1.50 bits per heavy atom. The van der Waals surface area contributed by atoms with Crippen LogP contribution >= 0.6 is 0 Å². The first-order valence-corrected chi connectivity index (χ1v) is 19.2. The fourth-order valence-corrected chi connectivity index (χ4v) is 7.36. The van der Waals surface area contributed by atoms with E-state index in [1.165, 1.54) is 6.92 Å². The molecule has 1 aliphatic heterocycles. The molecule has 1 N–H and O–H groups in total. The van der Waals surface area contributed by atoms with Gasteiger partial charge in [0.2, 0.25) is 0 Å². The highest BCUT2D eigenvalue weighted by Gasteiger charge is 2.66. The van der Waals surface area contributed by atoms with Crippen molar-refractivity contribution in [3.63, 3.8) is 0 Å². The van der Waals surface area contributed by atoms with Crippen LogP contribution in [0.5, 0.6) is 0 Å². The van der Waals surface area contributed by atoms with Gasteiger partial charge in [0, 0.05) is 31.3 Å². The van der Waals surface area contributed by atoms with E-state index in [-0.39, 0.29) is 28.7 Å². The summed E-state index contributed by atoms with van der Waals surface area (Å²) >= 11 is 0. The molecule has 0 aromatic carbocycles. The van der Waals surface area contributed by atoms with E-state index >= 15 is 0 Å². The Morgan fingerprint density at radius 3 is 1.97 bits per heavy atom. The molecule has 212 valence electrons. The third-order valence-electron chi connectivity index (χ3n) is 9.45. The van der Waals surface area contributed by atoms with Crippen LogP contribution in [0.3, 0.4) is 0 Å². The van der Waals surface area contributed by atoms with Crippen LogP contribution in [-0.4, -0.2) is 71.1 Å². The molecule has 2 fully saturated rings. The summed E-state index contributed by atoms with van der Waals surface area (Å²) in [5.74, 6) is -1.63. The van der Waals surface area contributed by atoms with Crippen molar-refractivity contribution in [1.82, 2.24) is 0 Å². The van der Waals surface area contributed by atoms with Crippen molar-refractivity contribution < 1.29 is 33.0 Å². The van der Waals surface area contributed by atoms with Crippen molar-refractivity contribution in [3.05, 3.63) is 0 Å². The molecule has 2 rings (SSSR count). The summed E-state index contributed by atoms with van der Waals surface area (Å²) in [7, 11) is -4.29. The quantitative estimate of drug-likeness (QED) is 0.316. The molecule has 0 amide bonds. The van der Waals surface area contributed by atoms with Crippen molar-refractivity contribution in [2.75, 3.05) is 19.8 Å². The second-order valence-corrected chi connectivity index (χ2v) is 24.3. The van der Waals surface area contributed by atoms with Gasteiger partial charge in [-0.15, -0.1) is 0 Å². The maximum Gasteiger partial charge on any atom is 0.302 e. The Bertz CT molecular complexity index is 799. The highest BCUT2D eigenvalue weighted by atomic mass is 28.4. The molecule has 2 aliphatic rings. The Balaban J connectivity index is 2.61. The van der Waals surface area contributed by atoms with Gasteiger partial charge in [0.25, 0.3) is 0 Å². The number of carbonyl (C=O) groups is 1. The predicted molar refractivity (Wildman–Crippen MR) is 148 cm³/mol. The number of aliphatic hydroxyl groups excluding tert-OH is 1. The van der Waals surface area contributed by atoms with Crippen LogP contribution in [-0.2, 0) is 27.9 Å². The average molecular weight is 547 g/mol. The largest absolute Gasteiger partial charge is 0.463 e. The predicted octanol–water partition coefficient (Wildman–Crippen LogP) is 5.87. The number of rotatable bonds is 7. The lowest BCUT2D eigenvalue weighted by atomic mass is 9.58. The van der Waals surface area contributed by atoms with Crippen LogP contribution < -0.4 is 0 Å². The second-order valence-electron chi connectivity index (χ2n) is 14.8. The number of esters is 1. The average Bonchev–Trinajstić information content (AvgIpc) is 2.66. The molecule has 0 aromatic rings. The molecule has 0 unspecified atom stereocenters. The molecular weight excluding hydrogens is 492 g/mol. The number of ether oxygens (including phenoxy) is 3. The van der Waals surface area contributed by atoms with Crippen molar-refractivity contribution in [2.24, 2.45) is 11.3 Å². The van der Waals surface area contributed by atoms with Gasteiger partial charge >= 0.3 is 5.97 Å². The minimum atomic E-state index is -2.19. The molecule has 9 heteroatoms. The van der Waals surface area contributed by atoms with E-state index in [0.717, 1.165) is 0 Å². The van der Waals surface area contributed by atoms with E-state index in [9.17, 15) is 9.90 Å². The standard InChI is InChI=1S/C27H54O7Si2/c1-19(28)30-18-27-20(16-31-25(8,9)34-27)26(10,17-32-35(11,12)23(2,3)4)22(15-21(27)29)33-36(13,14)24(5,6)7/h20-22,29H,15-18H2,1-14H3/t20-,21-,22-,26-,27+/m0/s1. The Hall–Kier alpha value is -0.296. The van der Waals surface area contributed by atoms with Gasteiger partial charge in [-0.3, -0.25) is 4.79 Å². The SMILES string of the molecule is CC(=O)OC[C@@]12OC(C)(C)OC[C@H]1[C@](C)(CO[Si](C)(C)C(C)(C)C)[C@@H](O[Si](C)(C)C(C)(C)C)C[C@@H]2O. The molecule has 0 bridgehead atoms. The number of hydrogen-bond donors (Lipinski definition) is 1. The van der Waals surface area contributed by atoms with E-state index in [1.807, 2.05) is 13.8 Å². The Labute approximate surface area is 222 Å². The van der Waals surface area contributed by atoms with Crippen LogP contribution in [0, 0.1) is 11.3 Å². The summed E-state index contributed by atoms with van der Waals surface area (Å²) in [6.45, 7) is 30.4. The van der Waals surface area contributed by atoms with Gasteiger partial charge in [-0.2, -0.15) is 0 Å². The zero-order valence-corrected chi connectivity index (χ0v) is 27.5. The van der Waals surface area contributed by atoms with Gasteiger partial charge in [-0.05, 0) is 50.1 Å². The zero-order valence-electron chi connectivity index (χ0n) is 25.5. The summed E-state index contributed by atoms with van der Waals surface area (Å²) in [5.41, 5.74) is -1.66. The monoisotopic (exact) mass is 546 g/mol. The summed E-state index contributed by atoms with van der Waals surface area (Å²) in [4.78, 5) is 11.9. The lowest BCUT2D eigenvalue weighted by Crippen LogP contribution is -2.74. The van der Waals surface area contributed by atoms with E-state index in [1.54, 1.807) is 0 Å². The van der Waals surface area contributed by atoms with Gasteiger partial charge in [0.1, 0.15) is 12.2 Å². The smallest absolute Gasteiger partial charge is 0.302 e. The van der Waals surface area contributed by atoms with Crippen molar-refractivity contribution in [1.29, 1.82) is 0 Å². The zero-order chi connectivity index (χ0) is 28.2. The fraction of sp³-hybridized carbons (Fsp3) is 0.963. The van der Waals surface area contributed by atoms with Crippen LogP contribution in [0.4, 0.5) is 0 Å². The van der Waals surface area contributed by atoms with Crippen LogP contribution in [0.15, 0.2) is 0 Å². The third-order valence-corrected chi connectivity index (χ3v) is 18.4. The lowest BCUT2D eigenvalue weighted by Gasteiger charge is -2.63. The number of fused-ring (bicyclic) bond motifs is 1. The first-order chi connectivity index (χ1) is 15.9. The molecule has 1 heterocycles. The molecule has 0 radical (unpaired) electrons. The topological polar surface area (TPSA) is 83.5 Å². The number of carbonyl (C=O) groups excluding carboxylic acids is 1. The minimum Gasteiger partial charge on any atom is -0.463 e. The van der Waals surface area contributed by atoms with Crippen molar-refractivity contribution in [2.45, 2.75) is 136 Å². The van der Waals surface area contributed by atoms with Crippen LogP contribution in [0.1, 0.15) is 75.7 Å². The summed E-state index contributed by atoms with van der Waals surface area (Å²) in [6, 6.07) is 0. The second kappa shape index (κ2) is 10.0. The van der Waals surface area contributed by atoms with Crippen molar-refractivity contribution >= 4 is 22.6 Å². The van der Waals surface area contributed by atoms with Gasteiger partial charge in [-0.25, -0.2) is 0 Å². The first-order valence-electron chi connectivity index (χ1n) is 13.4. The molecule has 5 atom stereocenters. The first kappa shape index (κ1) is 31.9. The van der Waals surface area contributed by atoms with E-state index in [2.05, 4.69) is 74.7 Å². The third kappa shape index (κ3) is 6.29. The molecule has 36 heavy (non-hydrogen) atoms. The Kier molecular flexibility index (Phi) is 8.89. The molecule has 1 saturated carbocycles. The summed E-state index contributed by atoms with van der Waals surface area (Å²) in [6.07, 6.45) is -0.777. The Morgan fingerprint density at radius 1 is 0.972 bits per heavy atom. The maximum atomic E-state index is 11.9. The summed E-state index contributed by atoms with van der Waals surface area (Å²) in [5, 5.41) is 11.7. The normalized spacial score (nSPS) is 33.7. The van der Waals surface area contributed by atoms with Gasteiger partial charge < -0.3 is 28.2 Å². The fourth-order valence-electron chi connectivity index (χ4n) is 4.83. The van der Waals surface area contributed by atoms with Gasteiger partial charge in [0.15, 0.2) is 22.4 Å².